The van der Waals surface area contributed by atoms with Gasteiger partial charge in [-0.2, -0.15) is 9.40 Å². The molecule has 0 radical (unpaired) electrons. The van der Waals surface area contributed by atoms with Gasteiger partial charge in [-0.3, -0.25) is 0 Å². The van der Waals surface area contributed by atoms with Gasteiger partial charge in [0.25, 0.3) is 6.01 Å². The van der Waals surface area contributed by atoms with Crippen molar-refractivity contribution in [1.82, 2.24) is 14.2 Å². The molecule has 1 aromatic carbocycles. The lowest BCUT2D eigenvalue weighted by Gasteiger charge is -2.18. The molecule has 0 amide bonds. The van der Waals surface area contributed by atoms with Crippen molar-refractivity contribution in [2.75, 3.05) is 5.32 Å². The molecule has 2 heterocycles. The van der Waals surface area contributed by atoms with Crippen molar-refractivity contribution in [3.8, 4) is 0 Å². The summed E-state index contributed by atoms with van der Waals surface area (Å²) in [4.78, 5) is 6.94. The second-order valence-electron chi connectivity index (χ2n) is 4.39. The average molecular weight is 290 g/mol. The topological polar surface area (TPSA) is 78.0 Å². The monoisotopic (exact) mass is 290 g/mol. The van der Waals surface area contributed by atoms with Crippen LogP contribution < -0.4 is 10.1 Å². The van der Waals surface area contributed by atoms with E-state index in [0.717, 1.165) is 16.9 Å². The van der Waals surface area contributed by atoms with Gasteiger partial charge in [0.1, 0.15) is 18.4 Å². The summed E-state index contributed by atoms with van der Waals surface area (Å²) in [6.45, 7) is 3.95. The number of aromatic nitrogens is 1. The van der Waals surface area contributed by atoms with Crippen LogP contribution >= 0.6 is 12.1 Å². The van der Waals surface area contributed by atoms with E-state index in [1.54, 1.807) is 10.7 Å². The highest BCUT2D eigenvalue weighted by Gasteiger charge is 2.18. The lowest BCUT2D eigenvalue weighted by Crippen LogP contribution is -2.12. The molecule has 0 bridgehead atoms. The number of nitrogens with one attached hydrogen (secondary N) is 2. The molecule has 0 unspecified atom stereocenters. The van der Waals surface area contributed by atoms with Gasteiger partial charge in [-0.25, -0.2) is 4.83 Å². The summed E-state index contributed by atoms with van der Waals surface area (Å²) in [5.74, 6) is 0. The fraction of sp³-hybridized carbons (Fsp3) is 0.250. The number of anilines is 2. The minimum absolute atomic E-state index is 0.136. The van der Waals surface area contributed by atoms with Crippen molar-refractivity contribution in [3.63, 3.8) is 0 Å². The maximum absolute atomic E-state index is 5.26. The van der Waals surface area contributed by atoms with Crippen LogP contribution in [0.15, 0.2) is 45.4 Å². The van der Waals surface area contributed by atoms with Crippen LogP contribution in [0.2, 0.25) is 0 Å². The van der Waals surface area contributed by atoms with Crippen LogP contribution in [0.3, 0.4) is 0 Å². The molecule has 20 heavy (non-hydrogen) atoms. The van der Waals surface area contributed by atoms with Gasteiger partial charge in [0.15, 0.2) is 0 Å². The van der Waals surface area contributed by atoms with E-state index in [1.807, 2.05) is 31.2 Å². The Morgan fingerprint density at radius 1 is 1.35 bits per heavy atom. The molecule has 0 saturated carbocycles. The van der Waals surface area contributed by atoms with E-state index in [0.29, 0.717) is 6.01 Å². The molecule has 0 aliphatic carbocycles. The third-order valence-electron chi connectivity index (χ3n) is 2.90. The first-order valence-electron chi connectivity index (χ1n) is 6.13. The SMILES string of the molecule is Cc1coc(Nc2ccc([C@@H](C)N3N=NNS3)cc2)n1. The third kappa shape index (κ3) is 2.69. The number of hydrogen-bond acceptors (Lipinski definition) is 8. The predicted molar refractivity (Wildman–Crippen MR) is 76.8 cm³/mol. The number of benzene rings is 1. The summed E-state index contributed by atoms with van der Waals surface area (Å²) < 4.78 is 7.06. The fourth-order valence-electron chi connectivity index (χ4n) is 1.80. The quantitative estimate of drug-likeness (QED) is 0.839. The first-order chi connectivity index (χ1) is 9.72. The molecule has 1 aromatic heterocycles. The Balaban J connectivity index is 1.69. The van der Waals surface area contributed by atoms with E-state index >= 15 is 0 Å². The maximum Gasteiger partial charge on any atom is 0.299 e. The molecule has 2 N–H and O–H groups in total. The zero-order valence-electron chi connectivity index (χ0n) is 11.1. The third-order valence-corrected chi connectivity index (χ3v) is 3.64. The van der Waals surface area contributed by atoms with E-state index in [-0.39, 0.29) is 6.04 Å². The van der Waals surface area contributed by atoms with Crippen LogP contribution in [-0.2, 0) is 0 Å². The van der Waals surface area contributed by atoms with Crippen LogP contribution in [-0.4, -0.2) is 9.40 Å². The zero-order valence-corrected chi connectivity index (χ0v) is 11.9. The number of rotatable bonds is 4. The lowest BCUT2D eigenvalue weighted by molar-refractivity contribution is 0.392. The van der Waals surface area contributed by atoms with Crippen LogP contribution in [0.5, 0.6) is 0 Å². The summed E-state index contributed by atoms with van der Waals surface area (Å²) in [5, 5.41) is 10.8. The van der Waals surface area contributed by atoms with Gasteiger partial charge in [-0.1, -0.05) is 12.1 Å². The Morgan fingerprint density at radius 3 is 2.75 bits per heavy atom. The molecule has 3 rings (SSSR count). The Morgan fingerprint density at radius 2 is 2.15 bits per heavy atom. The first kappa shape index (κ1) is 12.8. The van der Waals surface area contributed by atoms with Crippen LogP contribution in [0.25, 0.3) is 0 Å². The number of hydrogen-bond donors (Lipinski definition) is 2. The minimum atomic E-state index is 0.136. The number of aryl methyl sites for hydroxylation is 1. The lowest BCUT2D eigenvalue weighted by atomic mass is 10.1. The van der Waals surface area contributed by atoms with Crippen LogP contribution in [0.1, 0.15) is 24.2 Å². The van der Waals surface area contributed by atoms with Gasteiger partial charge in [-0.05, 0) is 42.0 Å². The zero-order chi connectivity index (χ0) is 13.9. The molecule has 1 aliphatic rings. The van der Waals surface area contributed by atoms with E-state index in [9.17, 15) is 0 Å². The van der Waals surface area contributed by atoms with Crippen molar-refractivity contribution >= 4 is 23.8 Å². The normalized spacial score (nSPS) is 15.2. The van der Waals surface area contributed by atoms with E-state index in [2.05, 4.69) is 32.5 Å². The Labute approximate surface area is 120 Å². The Hall–Kier alpha value is -2.22. The molecule has 1 atom stereocenters. The summed E-state index contributed by atoms with van der Waals surface area (Å²) in [6, 6.07) is 8.68. The van der Waals surface area contributed by atoms with Crippen molar-refractivity contribution < 1.29 is 4.42 Å². The molecule has 1 aliphatic heterocycles. The predicted octanol–water partition coefficient (Wildman–Crippen LogP) is 3.54. The van der Waals surface area contributed by atoms with Gasteiger partial charge in [0.2, 0.25) is 0 Å². The fourth-order valence-corrected chi connectivity index (χ4v) is 2.31. The van der Waals surface area contributed by atoms with E-state index < -0.39 is 0 Å². The minimum Gasteiger partial charge on any atom is -0.432 e. The van der Waals surface area contributed by atoms with Crippen molar-refractivity contribution in [2.24, 2.45) is 10.4 Å². The molecule has 0 spiro atoms. The summed E-state index contributed by atoms with van der Waals surface area (Å²) >= 11 is 1.36. The molecule has 2 aromatic rings. The molecule has 0 saturated heterocycles. The van der Waals surface area contributed by atoms with Crippen molar-refractivity contribution in [2.45, 2.75) is 19.9 Å². The molecular weight excluding hydrogens is 276 g/mol. The first-order valence-corrected chi connectivity index (χ1v) is 6.91. The summed E-state index contributed by atoms with van der Waals surface area (Å²) in [6.07, 6.45) is 1.61. The molecule has 104 valence electrons. The smallest absolute Gasteiger partial charge is 0.299 e. The number of nitrogens with zero attached hydrogens (tertiary/aromatic N) is 4. The highest BCUT2D eigenvalue weighted by Crippen LogP contribution is 2.29. The van der Waals surface area contributed by atoms with E-state index in [1.165, 1.54) is 12.1 Å². The molecule has 8 heteroatoms. The Kier molecular flexibility index (Phi) is 3.46. The molecular formula is C12H14N6OS. The van der Waals surface area contributed by atoms with Crippen molar-refractivity contribution in [3.05, 3.63) is 41.8 Å². The second kappa shape index (κ2) is 5.41. The van der Waals surface area contributed by atoms with Crippen LogP contribution in [0, 0.1) is 6.92 Å². The van der Waals surface area contributed by atoms with Gasteiger partial charge in [0.05, 0.1) is 11.7 Å². The van der Waals surface area contributed by atoms with Gasteiger partial charge < -0.3 is 9.73 Å². The standard InChI is InChI=1S/C12H14N6OS/c1-8-7-19-12(13-8)14-11-5-3-10(4-6-11)9(2)18-16-15-17-20-18/h3-7,9H,1-2H3,(H,13,14)(H,16,17)/t9-/m1/s1. The van der Waals surface area contributed by atoms with Gasteiger partial charge in [0, 0.05) is 5.69 Å². The van der Waals surface area contributed by atoms with Crippen LogP contribution in [0.4, 0.5) is 11.7 Å². The molecule has 0 fully saturated rings. The highest BCUT2D eigenvalue weighted by atomic mass is 32.2. The average Bonchev–Trinajstić information content (AvgIpc) is 3.11. The van der Waals surface area contributed by atoms with Crippen molar-refractivity contribution in [1.29, 1.82) is 0 Å². The summed E-state index contributed by atoms with van der Waals surface area (Å²) in [5.41, 5.74) is 2.92. The van der Waals surface area contributed by atoms with Gasteiger partial charge >= 0.3 is 0 Å². The maximum atomic E-state index is 5.26. The van der Waals surface area contributed by atoms with Gasteiger partial charge in [-0.15, -0.1) is 0 Å². The Bertz CT molecular complexity index is 611. The molecule has 7 nitrogen and oxygen atoms in total. The van der Waals surface area contributed by atoms with E-state index in [4.69, 9.17) is 4.42 Å². The highest BCUT2D eigenvalue weighted by molar-refractivity contribution is 7.95. The largest absolute Gasteiger partial charge is 0.432 e. The summed E-state index contributed by atoms with van der Waals surface area (Å²) in [7, 11) is 0. The second-order valence-corrected chi connectivity index (χ2v) is 5.13. The number of oxazole rings is 1.